The monoisotopic (exact) mass is 266 g/mol. The van der Waals surface area contributed by atoms with Gasteiger partial charge in [0.1, 0.15) is 5.60 Å². The molecule has 5 atom stereocenters. The molecular formula is C16H26O3. The molecule has 0 spiro atoms. The molecule has 2 aliphatic carbocycles. The maximum Gasteiger partial charge on any atom is 0.335 e. The van der Waals surface area contributed by atoms with Gasteiger partial charge < -0.3 is 9.84 Å². The number of hydrogen-bond acceptors (Lipinski definition) is 3. The van der Waals surface area contributed by atoms with Gasteiger partial charge in [0.05, 0.1) is 0 Å². The van der Waals surface area contributed by atoms with Gasteiger partial charge >= 0.3 is 5.97 Å². The molecule has 1 unspecified atom stereocenters. The van der Waals surface area contributed by atoms with E-state index in [4.69, 9.17) is 4.74 Å². The number of aliphatic hydroxyl groups excluding tert-OH is 1. The van der Waals surface area contributed by atoms with Crippen LogP contribution in [-0.4, -0.2) is 22.8 Å². The minimum absolute atomic E-state index is 0.0281. The van der Waals surface area contributed by atoms with Crippen LogP contribution in [0.4, 0.5) is 0 Å². The number of carbonyl (C=O) groups excluding carboxylic acids is 1. The fourth-order valence-electron chi connectivity index (χ4n) is 5.78. The van der Waals surface area contributed by atoms with E-state index in [2.05, 4.69) is 20.8 Å². The molecule has 0 amide bonds. The van der Waals surface area contributed by atoms with Gasteiger partial charge in [-0.05, 0) is 49.4 Å². The standard InChI is InChI=1S/C16H26O3/c1-14(2)7-5-8-15(3)10(14)6-9-16(4)12(15)11(17)13(18)19-16/h10-12,17H,5-9H2,1-4H3/t10-,11?,12+,15-,16+/m0/s1. The number of fused-ring (bicyclic) bond motifs is 3. The zero-order chi connectivity index (χ0) is 14.1. The van der Waals surface area contributed by atoms with Gasteiger partial charge in [-0.25, -0.2) is 4.79 Å². The van der Waals surface area contributed by atoms with Crippen LogP contribution in [0.2, 0.25) is 0 Å². The number of rotatable bonds is 0. The third kappa shape index (κ3) is 1.63. The number of esters is 1. The lowest BCUT2D eigenvalue weighted by atomic mass is 9.45. The van der Waals surface area contributed by atoms with Crippen molar-refractivity contribution in [1.82, 2.24) is 0 Å². The first-order chi connectivity index (χ1) is 8.71. The van der Waals surface area contributed by atoms with Gasteiger partial charge in [-0.3, -0.25) is 0 Å². The molecule has 19 heavy (non-hydrogen) atoms. The molecule has 1 aliphatic heterocycles. The second-order valence-electron chi connectivity index (χ2n) is 8.10. The highest BCUT2D eigenvalue weighted by Crippen LogP contribution is 2.64. The number of hydrogen-bond donors (Lipinski definition) is 1. The Bertz CT molecular complexity index is 416. The number of aliphatic hydroxyl groups is 1. The Morgan fingerprint density at radius 3 is 2.53 bits per heavy atom. The predicted molar refractivity (Wildman–Crippen MR) is 72.5 cm³/mol. The SMILES string of the molecule is CC1(C)CCC[C@]2(C)[C@H]3C(O)C(=O)O[C@]3(C)CC[C@@H]12. The average Bonchev–Trinajstić information content (AvgIpc) is 2.49. The molecule has 0 bridgehead atoms. The molecule has 0 aromatic carbocycles. The first-order valence-corrected chi connectivity index (χ1v) is 7.62. The summed E-state index contributed by atoms with van der Waals surface area (Å²) in [7, 11) is 0. The van der Waals surface area contributed by atoms with E-state index in [0.717, 1.165) is 19.3 Å². The average molecular weight is 266 g/mol. The molecule has 3 heteroatoms. The van der Waals surface area contributed by atoms with E-state index in [1.165, 1.54) is 12.8 Å². The summed E-state index contributed by atoms with van der Waals surface area (Å²) in [6.07, 6.45) is 4.62. The van der Waals surface area contributed by atoms with Crippen molar-refractivity contribution < 1.29 is 14.6 Å². The molecule has 2 saturated carbocycles. The van der Waals surface area contributed by atoms with Crippen molar-refractivity contribution in [2.45, 2.75) is 71.5 Å². The second-order valence-corrected chi connectivity index (χ2v) is 8.10. The predicted octanol–water partition coefficient (Wildman–Crippen LogP) is 2.91. The smallest absolute Gasteiger partial charge is 0.335 e. The lowest BCUT2D eigenvalue weighted by Gasteiger charge is -2.59. The van der Waals surface area contributed by atoms with Gasteiger partial charge in [0.2, 0.25) is 0 Å². The van der Waals surface area contributed by atoms with E-state index in [9.17, 15) is 9.90 Å². The molecule has 0 aromatic rings. The van der Waals surface area contributed by atoms with E-state index in [0.29, 0.717) is 11.3 Å². The van der Waals surface area contributed by atoms with Crippen LogP contribution in [0.1, 0.15) is 59.8 Å². The molecule has 3 rings (SSSR count). The van der Waals surface area contributed by atoms with Gasteiger partial charge in [-0.1, -0.05) is 27.2 Å². The molecule has 1 N–H and O–H groups in total. The Morgan fingerprint density at radius 1 is 1.16 bits per heavy atom. The maximum atomic E-state index is 11.9. The first-order valence-electron chi connectivity index (χ1n) is 7.62. The summed E-state index contributed by atoms with van der Waals surface area (Å²) >= 11 is 0. The van der Waals surface area contributed by atoms with Crippen LogP contribution in [-0.2, 0) is 9.53 Å². The maximum absolute atomic E-state index is 11.9. The lowest BCUT2D eigenvalue weighted by molar-refractivity contribution is -0.165. The summed E-state index contributed by atoms with van der Waals surface area (Å²) in [4.78, 5) is 11.9. The van der Waals surface area contributed by atoms with Gasteiger partial charge in [0.25, 0.3) is 0 Å². The first kappa shape index (κ1) is 13.4. The van der Waals surface area contributed by atoms with Crippen molar-refractivity contribution in [3.8, 4) is 0 Å². The van der Waals surface area contributed by atoms with E-state index < -0.39 is 17.7 Å². The van der Waals surface area contributed by atoms with Crippen LogP contribution in [0.3, 0.4) is 0 Å². The minimum atomic E-state index is -0.924. The van der Waals surface area contributed by atoms with Crippen molar-refractivity contribution in [3.05, 3.63) is 0 Å². The van der Waals surface area contributed by atoms with Crippen LogP contribution in [0.25, 0.3) is 0 Å². The summed E-state index contributed by atoms with van der Waals surface area (Å²) < 4.78 is 5.56. The Kier molecular flexibility index (Phi) is 2.65. The van der Waals surface area contributed by atoms with Gasteiger partial charge in [0, 0.05) is 5.92 Å². The summed E-state index contributed by atoms with van der Waals surface area (Å²) in [5, 5.41) is 10.4. The molecule has 3 aliphatic rings. The lowest BCUT2D eigenvalue weighted by Crippen LogP contribution is -2.58. The van der Waals surface area contributed by atoms with E-state index in [1.54, 1.807) is 0 Å². The highest BCUT2D eigenvalue weighted by Gasteiger charge is 2.66. The molecule has 3 nitrogen and oxygen atoms in total. The van der Waals surface area contributed by atoms with E-state index in [1.807, 2.05) is 6.92 Å². The Balaban J connectivity index is 2.05. The van der Waals surface area contributed by atoms with Crippen LogP contribution in [0.15, 0.2) is 0 Å². The summed E-state index contributed by atoms with van der Waals surface area (Å²) in [6, 6.07) is 0. The van der Waals surface area contributed by atoms with Crippen LogP contribution in [0.5, 0.6) is 0 Å². The Labute approximate surface area is 115 Å². The normalized spacial score (nSPS) is 52.3. The van der Waals surface area contributed by atoms with Crippen molar-refractivity contribution in [3.63, 3.8) is 0 Å². The summed E-state index contributed by atoms with van der Waals surface area (Å²) in [5.74, 6) is 0.138. The molecular weight excluding hydrogens is 240 g/mol. The zero-order valence-electron chi connectivity index (χ0n) is 12.5. The quantitative estimate of drug-likeness (QED) is 0.686. The van der Waals surface area contributed by atoms with Gasteiger partial charge in [-0.15, -0.1) is 0 Å². The molecule has 0 radical (unpaired) electrons. The molecule has 3 fully saturated rings. The topological polar surface area (TPSA) is 46.5 Å². The Hall–Kier alpha value is -0.570. The van der Waals surface area contributed by atoms with Crippen molar-refractivity contribution in [2.24, 2.45) is 22.7 Å². The van der Waals surface area contributed by atoms with Crippen molar-refractivity contribution in [2.75, 3.05) is 0 Å². The highest BCUT2D eigenvalue weighted by atomic mass is 16.6. The van der Waals surface area contributed by atoms with Gasteiger partial charge in [0.15, 0.2) is 6.10 Å². The van der Waals surface area contributed by atoms with Gasteiger partial charge in [-0.2, -0.15) is 0 Å². The third-order valence-electron chi connectivity index (χ3n) is 6.46. The largest absolute Gasteiger partial charge is 0.457 e. The van der Waals surface area contributed by atoms with E-state index >= 15 is 0 Å². The third-order valence-corrected chi connectivity index (χ3v) is 6.46. The van der Waals surface area contributed by atoms with Crippen molar-refractivity contribution >= 4 is 5.97 Å². The molecule has 1 saturated heterocycles. The van der Waals surface area contributed by atoms with Crippen LogP contribution in [0, 0.1) is 22.7 Å². The molecule has 108 valence electrons. The fraction of sp³-hybridized carbons (Fsp3) is 0.938. The minimum Gasteiger partial charge on any atom is -0.457 e. The van der Waals surface area contributed by atoms with Crippen molar-refractivity contribution in [1.29, 1.82) is 0 Å². The van der Waals surface area contributed by atoms with Crippen LogP contribution >= 0.6 is 0 Å². The van der Waals surface area contributed by atoms with E-state index in [-0.39, 0.29) is 11.3 Å². The summed E-state index contributed by atoms with van der Waals surface area (Å²) in [6.45, 7) is 9.00. The van der Waals surface area contributed by atoms with Crippen LogP contribution < -0.4 is 0 Å². The fourth-order valence-corrected chi connectivity index (χ4v) is 5.78. The number of ether oxygens (including phenoxy) is 1. The zero-order valence-corrected chi connectivity index (χ0v) is 12.5. The molecule has 1 heterocycles. The summed E-state index contributed by atoms with van der Waals surface area (Å²) in [5.41, 5.74) is -0.116. The highest BCUT2D eigenvalue weighted by molar-refractivity contribution is 5.78. The molecule has 0 aromatic heterocycles. The number of carbonyl (C=O) groups is 1. The second kappa shape index (κ2) is 3.75. The Morgan fingerprint density at radius 2 is 1.84 bits per heavy atom.